The minimum Gasteiger partial charge on any atom is -0.301 e. The van der Waals surface area contributed by atoms with Crippen molar-refractivity contribution < 1.29 is 9.59 Å². The van der Waals surface area contributed by atoms with E-state index in [9.17, 15) is 14.4 Å². The molecular formula is C16H15N3O3S. The summed E-state index contributed by atoms with van der Waals surface area (Å²) in [6.45, 7) is 2.01. The van der Waals surface area contributed by atoms with E-state index in [1.807, 2.05) is 6.92 Å². The maximum absolute atomic E-state index is 12.3. The molecule has 118 valence electrons. The molecule has 0 fully saturated rings. The number of nitrogens with one attached hydrogen (secondary N) is 1. The van der Waals surface area contributed by atoms with Crippen LogP contribution in [0.15, 0.2) is 40.3 Å². The molecule has 1 aliphatic rings. The summed E-state index contributed by atoms with van der Waals surface area (Å²) in [5.74, 6) is -0.513. The van der Waals surface area contributed by atoms with Crippen molar-refractivity contribution in [2.45, 2.75) is 24.9 Å². The third kappa shape index (κ3) is 3.05. The first-order valence-electron chi connectivity index (χ1n) is 7.28. The van der Waals surface area contributed by atoms with Gasteiger partial charge in [-0.15, -0.1) is 0 Å². The van der Waals surface area contributed by atoms with Gasteiger partial charge in [-0.25, -0.2) is 4.98 Å². The van der Waals surface area contributed by atoms with Crippen molar-refractivity contribution in [1.29, 1.82) is 0 Å². The molecule has 0 saturated carbocycles. The van der Waals surface area contributed by atoms with E-state index in [1.165, 1.54) is 22.7 Å². The lowest BCUT2D eigenvalue weighted by Gasteiger charge is -2.12. The Labute approximate surface area is 136 Å². The van der Waals surface area contributed by atoms with E-state index in [2.05, 4.69) is 9.97 Å². The Kier molecular flexibility index (Phi) is 4.29. The summed E-state index contributed by atoms with van der Waals surface area (Å²) in [4.78, 5) is 44.3. The maximum atomic E-state index is 12.3. The number of aromatic nitrogens is 2. The van der Waals surface area contributed by atoms with E-state index in [-0.39, 0.29) is 23.3 Å². The van der Waals surface area contributed by atoms with Gasteiger partial charge in [-0.2, -0.15) is 0 Å². The third-order valence-electron chi connectivity index (χ3n) is 3.49. The van der Waals surface area contributed by atoms with E-state index >= 15 is 0 Å². The maximum Gasteiger partial charge on any atom is 0.262 e. The Morgan fingerprint density at radius 1 is 1.13 bits per heavy atom. The van der Waals surface area contributed by atoms with Crippen molar-refractivity contribution in [3.05, 3.63) is 57.5 Å². The molecule has 2 aromatic rings. The summed E-state index contributed by atoms with van der Waals surface area (Å²) >= 11 is 1.17. The zero-order chi connectivity index (χ0) is 16.4. The first kappa shape index (κ1) is 15.5. The Morgan fingerprint density at radius 2 is 1.78 bits per heavy atom. The highest BCUT2D eigenvalue weighted by molar-refractivity contribution is 7.99. The lowest BCUT2D eigenvalue weighted by atomic mass is 10.1. The molecule has 0 bridgehead atoms. The van der Waals surface area contributed by atoms with Gasteiger partial charge in [-0.05, 0) is 18.6 Å². The zero-order valence-corrected chi connectivity index (χ0v) is 13.4. The third-order valence-corrected chi connectivity index (χ3v) is 4.34. The summed E-state index contributed by atoms with van der Waals surface area (Å²) in [6.07, 6.45) is 1.60. The Morgan fingerprint density at radius 3 is 2.39 bits per heavy atom. The molecule has 6 nitrogen and oxygen atoms in total. The van der Waals surface area contributed by atoms with Gasteiger partial charge in [0.2, 0.25) is 0 Å². The fourth-order valence-corrected chi connectivity index (χ4v) is 3.26. The minimum atomic E-state index is -0.315. The number of amides is 2. The number of imide groups is 1. The first-order valence-corrected chi connectivity index (χ1v) is 8.27. The van der Waals surface area contributed by atoms with E-state index in [1.54, 1.807) is 24.3 Å². The highest BCUT2D eigenvalue weighted by Crippen LogP contribution is 2.25. The molecule has 3 rings (SSSR count). The quantitative estimate of drug-likeness (QED) is 0.516. The number of carbonyl (C=O) groups excluding carboxylic acids is 2. The molecular weight excluding hydrogens is 314 g/mol. The first-order chi connectivity index (χ1) is 11.1. The molecule has 0 unspecified atom stereocenters. The van der Waals surface area contributed by atoms with Crippen LogP contribution in [0.5, 0.6) is 0 Å². The van der Waals surface area contributed by atoms with Gasteiger partial charge >= 0.3 is 0 Å². The normalized spacial score (nSPS) is 13.5. The summed E-state index contributed by atoms with van der Waals surface area (Å²) in [6, 6.07) is 8.21. The van der Waals surface area contributed by atoms with Crippen LogP contribution in [-0.2, 0) is 6.42 Å². The average Bonchev–Trinajstić information content (AvgIpc) is 2.77. The van der Waals surface area contributed by atoms with Crippen LogP contribution in [0.2, 0.25) is 0 Å². The van der Waals surface area contributed by atoms with Gasteiger partial charge in [-0.1, -0.05) is 37.2 Å². The van der Waals surface area contributed by atoms with E-state index in [4.69, 9.17) is 0 Å². The topological polar surface area (TPSA) is 83.1 Å². The number of aryl methyl sites for hydroxylation is 1. The minimum absolute atomic E-state index is 0.116. The molecule has 7 heteroatoms. The summed E-state index contributed by atoms with van der Waals surface area (Å²) < 4.78 is 0. The van der Waals surface area contributed by atoms with Crippen LogP contribution in [0.25, 0.3) is 0 Å². The van der Waals surface area contributed by atoms with Gasteiger partial charge in [0.05, 0.1) is 17.0 Å². The Bertz CT molecular complexity index is 796. The second-order valence-corrected chi connectivity index (χ2v) is 6.08. The van der Waals surface area contributed by atoms with Crippen molar-refractivity contribution in [1.82, 2.24) is 14.9 Å². The SMILES string of the molecule is CCCc1cc(=O)[nH]c(SCN2C(=O)c3ccccc3C2=O)n1. The lowest BCUT2D eigenvalue weighted by Crippen LogP contribution is -2.29. The number of benzene rings is 1. The molecule has 1 aliphatic heterocycles. The smallest absolute Gasteiger partial charge is 0.262 e. The van der Waals surface area contributed by atoms with Crippen LogP contribution >= 0.6 is 11.8 Å². The lowest BCUT2D eigenvalue weighted by molar-refractivity contribution is 0.0684. The number of thioether (sulfide) groups is 1. The number of rotatable bonds is 5. The standard InChI is InChI=1S/C16H15N3O3S/c1-2-5-10-8-13(20)18-16(17-10)23-9-19-14(21)11-6-3-4-7-12(11)15(19)22/h3-4,6-8H,2,5,9H2,1H3,(H,17,18,20). The summed E-state index contributed by atoms with van der Waals surface area (Å²) in [7, 11) is 0. The number of fused-ring (bicyclic) bond motifs is 1. The number of carbonyl (C=O) groups is 2. The van der Waals surface area contributed by atoms with Crippen molar-refractivity contribution in [3.63, 3.8) is 0 Å². The predicted octanol–water partition coefficient (Wildman–Crippen LogP) is 2.07. The van der Waals surface area contributed by atoms with Gasteiger partial charge in [0.1, 0.15) is 0 Å². The molecule has 2 heterocycles. The number of H-pyrrole nitrogens is 1. The molecule has 0 spiro atoms. The van der Waals surface area contributed by atoms with Crippen molar-refractivity contribution >= 4 is 23.6 Å². The summed E-state index contributed by atoms with van der Waals surface area (Å²) in [5.41, 5.74) is 1.31. The molecule has 1 aromatic carbocycles. The van der Waals surface area contributed by atoms with Gasteiger partial charge in [0, 0.05) is 11.8 Å². The van der Waals surface area contributed by atoms with E-state index in [0.717, 1.165) is 6.42 Å². The second-order valence-electron chi connectivity index (χ2n) is 5.15. The largest absolute Gasteiger partial charge is 0.301 e. The fraction of sp³-hybridized carbons (Fsp3) is 0.250. The number of nitrogens with zero attached hydrogens (tertiary/aromatic N) is 2. The van der Waals surface area contributed by atoms with E-state index < -0.39 is 0 Å². The second kappa shape index (κ2) is 6.37. The molecule has 1 N–H and O–H groups in total. The van der Waals surface area contributed by atoms with Gasteiger partial charge in [0.15, 0.2) is 5.16 Å². The van der Waals surface area contributed by atoms with Gasteiger partial charge < -0.3 is 4.98 Å². The molecule has 0 atom stereocenters. The van der Waals surface area contributed by atoms with Crippen LogP contribution < -0.4 is 5.56 Å². The van der Waals surface area contributed by atoms with Crippen molar-refractivity contribution in [3.8, 4) is 0 Å². The molecule has 2 amide bonds. The molecule has 0 saturated heterocycles. The fourth-order valence-electron chi connectivity index (χ4n) is 2.42. The van der Waals surface area contributed by atoms with Crippen LogP contribution in [-0.4, -0.2) is 32.6 Å². The number of hydrogen-bond donors (Lipinski definition) is 1. The van der Waals surface area contributed by atoms with Crippen LogP contribution in [0, 0.1) is 0 Å². The van der Waals surface area contributed by atoms with Crippen LogP contribution in [0.3, 0.4) is 0 Å². The highest BCUT2D eigenvalue weighted by Gasteiger charge is 2.35. The average molecular weight is 329 g/mol. The Balaban J connectivity index is 1.76. The number of hydrogen-bond acceptors (Lipinski definition) is 5. The highest BCUT2D eigenvalue weighted by atomic mass is 32.2. The molecule has 23 heavy (non-hydrogen) atoms. The summed E-state index contributed by atoms with van der Waals surface area (Å²) in [5, 5.41) is 0.414. The molecule has 1 aromatic heterocycles. The monoisotopic (exact) mass is 329 g/mol. The van der Waals surface area contributed by atoms with Gasteiger partial charge in [-0.3, -0.25) is 19.3 Å². The van der Waals surface area contributed by atoms with Crippen molar-refractivity contribution in [2.75, 3.05) is 5.88 Å². The number of aromatic amines is 1. The van der Waals surface area contributed by atoms with Gasteiger partial charge in [0.25, 0.3) is 17.4 Å². The molecule has 0 radical (unpaired) electrons. The van der Waals surface area contributed by atoms with Crippen molar-refractivity contribution in [2.24, 2.45) is 0 Å². The van der Waals surface area contributed by atoms with E-state index in [0.29, 0.717) is 28.4 Å². The van der Waals surface area contributed by atoms with Crippen LogP contribution in [0.1, 0.15) is 39.8 Å². The Hall–Kier alpha value is -2.41. The molecule has 0 aliphatic carbocycles. The van der Waals surface area contributed by atoms with Crippen LogP contribution in [0.4, 0.5) is 0 Å². The predicted molar refractivity (Wildman–Crippen MR) is 86.5 cm³/mol. The zero-order valence-electron chi connectivity index (χ0n) is 12.5.